The highest BCUT2D eigenvalue weighted by molar-refractivity contribution is 5.18. The molecule has 4 nitrogen and oxygen atoms in total. The number of hydrogen-bond donors (Lipinski definition) is 0. The Morgan fingerprint density at radius 3 is 2.96 bits per heavy atom. The number of halogens is 2. The van der Waals surface area contributed by atoms with Crippen LogP contribution in [0.5, 0.6) is 5.88 Å². The smallest absolute Gasteiger partial charge is 0.232 e. The molecule has 0 N–H and O–H groups in total. The Morgan fingerprint density at radius 2 is 2.17 bits per heavy atom. The van der Waals surface area contributed by atoms with E-state index in [2.05, 4.69) is 14.9 Å². The van der Waals surface area contributed by atoms with E-state index in [1.807, 2.05) is 0 Å². The van der Waals surface area contributed by atoms with Crippen molar-refractivity contribution in [1.29, 1.82) is 0 Å². The second kappa shape index (κ2) is 7.46. The molecule has 2 aromatic rings. The van der Waals surface area contributed by atoms with Crippen molar-refractivity contribution in [2.45, 2.75) is 19.4 Å². The molecule has 0 saturated carbocycles. The van der Waals surface area contributed by atoms with E-state index in [9.17, 15) is 8.78 Å². The summed E-state index contributed by atoms with van der Waals surface area (Å²) in [6.45, 7) is 2.81. The fourth-order valence-electron chi connectivity index (χ4n) is 2.88. The average Bonchev–Trinajstić information content (AvgIpc) is 2.57. The quantitative estimate of drug-likeness (QED) is 0.849. The first-order valence-corrected chi connectivity index (χ1v) is 7.76. The Balaban J connectivity index is 1.53. The molecule has 1 aliphatic heterocycles. The van der Waals surface area contributed by atoms with Crippen molar-refractivity contribution in [2.24, 2.45) is 5.92 Å². The molecule has 3 rings (SSSR count). The minimum Gasteiger partial charge on any atom is -0.476 e. The van der Waals surface area contributed by atoms with Gasteiger partial charge >= 0.3 is 0 Å². The van der Waals surface area contributed by atoms with Gasteiger partial charge in [-0.25, -0.2) is 13.8 Å². The van der Waals surface area contributed by atoms with E-state index in [0.29, 0.717) is 30.5 Å². The van der Waals surface area contributed by atoms with Crippen molar-refractivity contribution in [3.8, 4) is 5.88 Å². The Morgan fingerprint density at radius 1 is 1.26 bits per heavy atom. The molecule has 1 saturated heterocycles. The lowest BCUT2D eigenvalue weighted by atomic mass is 9.98. The summed E-state index contributed by atoms with van der Waals surface area (Å²) >= 11 is 0. The van der Waals surface area contributed by atoms with E-state index in [4.69, 9.17) is 4.74 Å². The van der Waals surface area contributed by atoms with E-state index in [-0.39, 0.29) is 0 Å². The molecule has 1 fully saturated rings. The molecule has 1 unspecified atom stereocenters. The van der Waals surface area contributed by atoms with Crippen LogP contribution in [0.25, 0.3) is 0 Å². The summed E-state index contributed by atoms with van der Waals surface area (Å²) in [5.74, 6) is -0.133. The van der Waals surface area contributed by atoms with Crippen LogP contribution in [-0.2, 0) is 6.54 Å². The van der Waals surface area contributed by atoms with E-state index in [1.165, 1.54) is 12.1 Å². The minimum atomic E-state index is -0.542. The van der Waals surface area contributed by atoms with Crippen LogP contribution >= 0.6 is 0 Å². The van der Waals surface area contributed by atoms with E-state index in [1.54, 1.807) is 18.6 Å². The first-order chi connectivity index (χ1) is 11.2. The lowest BCUT2D eigenvalue weighted by Gasteiger charge is -2.32. The highest BCUT2D eigenvalue weighted by atomic mass is 19.1. The second-order valence-electron chi connectivity index (χ2n) is 5.83. The van der Waals surface area contributed by atoms with Crippen LogP contribution in [0.1, 0.15) is 18.4 Å². The van der Waals surface area contributed by atoms with Crippen LogP contribution in [0, 0.1) is 17.6 Å². The summed E-state index contributed by atoms with van der Waals surface area (Å²) in [6, 6.07) is 3.76. The van der Waals surface area contributed by atoms with Crippen LogP contribution < -0.4 is 4.74 Å². The molecule has 23 heavy (non-hydrogen) atoms. The molecule has 122 valence electrons. The van der Waals surface area contributed by atoms with Crippen molar-refractivity contribution in [3.05, 3.63) is 54.0 Å². The Labute approximate surface area is 134 Å². The van der Waals surface area contributed by atoms with Crippen LogP contribution in [0.3, 0.4) is 0 Å². The second-order valence-corrected chi connectivity index (χ2v) is 5.83. The molecular weight excluding hydrogens is 300 g/mol. The molecule has 1 aromatic heterocycles. The van der Waals surface area contributed by atoms with Gasteiger partial charge in [-0.05, 0) is 25.5 Å². The van der Waals surface area contributed by atoms with E-state index in [0.717, 1.165) is 32.0 Å². The van der Waals surface area contributed by atoms with Gasteiger partial charge in [0.15, 0.2) is 0 Å². The number of piperidine rings is 1. The minimum absolute atomic E-state index is 0.370. The molecule has 6 heteroatoms. The van der Waals surface area contributed by atoms with Crippen LogP contribution in [-0.4, -0.2) is 34.6 Å². The number of likely N-dealkylation sites (tertiary alicyclic amines) is 1. The summed E-state index contributed by atoms with van der Waals surface area (Å²) in [4.78, 5) is 10.2. The van der Waals surface area contributed by atoms with Gasteiger partial charge in [0.25, 0.3) is 0 Å². The summed E-state index contributed by atoms with van der Waals surface area (Å²) < 4.78 is 32.4. The predicted octanol–water partition coefficient (Wildman–Crippen LogP) is 3.05. The Kier molecular flexibility index (Phi) is 5.12. The third kappa shape index (κ3) is 4.45. The number of ether oxygens (including phenoxy) is 1. The maximum atomic E-state index is 13.8. The zero-order valence-electron chi connectivity index (χ0n) is 12.8. The highest BCUT2D eigenvalue weighted by Crippen LogP contribution is 2.21. The summed E-state index contributed by atoms with van der Waals surface area (Å²) in [5.41, 5.74) is 0.530. The first-order valence-electron chi connectivity index (χ1n) is 7.76. The van der Waals surface area contributed by atoms with Gasteiger partial charge in [-0.15, -0.1) is 0 Å². The monoisotopic (exact) mass is 319 g/mol. The van der Waals surface area contributed by atoms with Crippen molar-refractivity contribution in [3.63, 3.8) is 0 Å². The van der Waals surface area contributed by atoms with Crippen LogP contribution in [0.15, 0.2) is 36.8 Å². The van der Waals surface area contributed by atoms with Crippen molar-refractivity contribution in [2.75, 3.05) is 19.7 Å². The molecule has 0 bridgehead atoms. The van der Waals surface area contributed by atoms with Gasteiger partial charge in [-0.2, -0.15) is 0 Å². The van der Waals surface area contributed by atoms with Crippen molar-refractivity contribution in [1.82, 2.24) is 14.9 Å². The van der Waals surface area contributed by atoms with E-state index < -0.39 is 11.6 Å². The summed E-state index contributed by atoms with van der Waals surface area (Å²) in [7, 11) is 0. The van der Waals surface area contributed by atoms with Gasteiger partial charge in [0.1, 0.15) is 11.6 Å². The number of benzene rings is 1. The molecule has 1 aromatic carbocycles. The molecule has 0 radical (unpaired) electrons. The molecule has 0 spiro atoms. The maximum Gasteiger partial charge on any atom is 0.232 e. The topological polar surface area (TPSA) is 38.2 Å². The molecule has 2 heterocycles. The third-order valence-corrected chi connectivity index (χ3v) is 4.02. The molecule has 1 atom stereocenters. The summed E-state index contributed by atoms with van der Waals surface area (Å²) in [5, 5.41) is 0. The van der Waals surface area contributed by atoms with Gasteiger partial charge < -0.3 is 4.74 Å². The Bertz CT molecular complexity index is 639. The largest absolute Gasteiger partial charge is 0.476 e. The predicted molar refractivity (Wildman–Crippen MR) is 81.9 cm³/mol. The SMILES string of the molecule is Fc1ccc(CN2CCCC(COc3cnccn3)C2)c(F)c1. The zero-order valence-corrected chi connectivity index (χ0v) is 12.8. The van der Waals surface area contributed by atoms with Crippen LogP contribution in [0.4, 0.5) is 8.78 Å². The highest BCUT2D eigenvalue weighted by Gasteiger charge is 2.21. The van der Waals surface area contributed by atoms with Crippen molar-refractivity contribution < 1.29 is 13.5 Å². The molecule has 1 aliphatic rings. The third-order valence-electron chi connectivity index (χ3n) is 4.02. The van der Waals surface area contributed by atoms with Gasteiger partial charge in [-0.3, -0.25) is 9.88 Å². The number of hydrogen-bond acceptors (Lipinski definition) is 4. The van der Waals surface area contributed by atoms with Crippen LogP contribution in [0.2, 0.25) is 0 Å². The van der Waals surface area contributed by atoms with Gasteiger partial charge in [0.2, 0.25) is 5.88 Å². The first kappa shape index (κ1) is 15.8. The zero-order chi connectivity index (χ0) is 16.1. The lowest BCUT2D eigenvalue weighted by Crippen LogP contribution is -2.37. The normalized spacial score (nSPS) is 18.8. The lowest BCUT2D eigenvalue weighted by molar-refractivity contribution is 0.122. The molecular formula is C17H19F2N3O. The van der Waals surface area contributed by atoms with E-state index >= 15 is 0 Å². The maximum absolute atomic E-state index is 13.8. The average molecular weight is 319 g/mol. The van der Waals surface area contributed by atoms with Gasteiger partial charge in [-0.1, -0.05) is 6.07 Å². The number of nitrogens with zero attached hydrogens (tertiary/aromatic N) is 3. The van der Waals surface area contributed by atoms with Gasteiger partial charge in [0.05, 0.1) is 12.8 Å². The molecule has 0 amide bonds. The Hall–Kier alpha value is -2.08. The fourth-order valence-corrected chi connectivity index (χ4v) is 2.88. The fraction of sp³-hybridized carbons (Fsp3) is 0.412. The molecule has 0 aliphatic carbocycles. The van der Waals surface area contributed by atoms with Gasteiger partial charge in [0, 0.05) is 43.0 Å². The van der Waals surface area contributed by atoms with Crippen molar-refractivity contribution >= 4 is 0 Å². The number of rotatable bonds is 5. The summed E-state index contributed by atoms with van der Waals surface area (Å²) in [6.07, 6.45) is 6.90. The number of aromatic nitrogens is 2. The standard InChI is InChI=1S/C17H19F2N3O/c18-15-4-3-14(16(19)8-15)11-22-7-1-2-13(10-22)12-23-17-9-20-5-6-21-17/h3-6,8-9,13H,1-2,7,10-12H2.